The Balaban J connectivity index is 1.78. The van der Waals surface area contributed by atoms with E-state index in [1.165, 1.54) is 31.4 Å². The number of aliphatic hydroxyl groups is 1. The number of carbonyl (C=O) groups excluding carboxylic acids is 3. The summed E-state index contributed by atoms with van der Waals surface area (Å²) in [5, 5.41) is 10.3. The Bertz CT molecular complexity index is 1010. The molecule has 1 heterocycles. The highest BCUT2D eigenvalue weighted by molar-refractivity contribution is 6.44. The predicted molar refractivity (Wildman–Crippen MR) is 113 cm³/mol. The third-order valence-electron chi connectivity index (χ3n) is 4.46. The number of imide groups is 1. The molecule has 0 spiro atoms. The summed E-state index contributed by atoms with van der Waals surface area (Å²) in [5.74, 6) is -2.06. The van der Waals surface area contributed by atoms with Gasteiger partial charge in [0.25, 0.3) is 5.91 Å². The van der Waals surface area contributed by atoms with Gasteiger partial charge in [0.1, 0.15) is 12.4 Å². The first-order valence-corrected chi connectivity index (χ1v) is 9.68. The molecule has 1 N–H and O–H groups in total. The molecule has 0 saturated carbocycles. The van der Waals surface area contributed by atoms with Crippen molar-refractivity contribution in [2.24, 2.45) is 0 Å². The van der Waals surface area contributed by atoms with Crippen LogP contribution < -0.4 is 9.64 Å². The summed E-state index contributed by atoms with van der Waals surface area (Å²) in [6, 6.07) is 12.3. The highest BCUT2D eigenvalue weighted by Gasteiger charge is 2.40. The van der Waals surface area contributed by atoms with Crippen molar-refractivity contribution >= 4 is 29.0 Å². The highest BCUT2D eigenvalue weighted by Crippen LogP contribution is 2.32. The summed E-state index contributed by atoms with van der Waals surface area (Å²) in [4.78, 5) is 38.4. The lowest BCUT2D eigenvalue weighted by molar-refractivity contribution is -0.121. The summed E-state index contributed by atoms with van der Waals surface area (Å²) in [6.07, 6.45) is -0.0103. The minimum absolute atomic E-state index is 0.0103. The molecule has 0 unspecified atom stereocenters. The average molecular weight is 425 g/mol. The molecule has 162 valence electrons. The van der Waals surface area contributed by atoms with Crippen molar-refractivity contribution in [3.63, 3.8) is 0 Å². The predicted octanol–water partition coefficient (Wildman–Crippen LogP) is 3.12. The second-order valence-corrected chi connectivity index (χ2v) is 7.04. The molecular formula is C23H23NO7. The van der Waals surface area contributed by atoms with Crippen LogP contribution in [-0.4, -0.2) is 49.3 Å². The zero-order chi connectivity index (χ0) is 22.5. The number of aliphatic hydroxyl groups excluding tert-OH is 1. The monoisotopic (exact) mass is 425 g/mol. The van der Waals surface area contributed by atoms with Gasteiger partial charge in [0.2, 0.25) is 0 Å². The van der Waals surface area contributed by atoms with Crippen LogP contribution in [-0.2, 0) is 19.1 Å². The number of hydrogen-bond donors (Lipinski definition) is 1. The number of esters is 1. The van der Waals surface area contributed by atoms with Crippen molar-refractivity contribution in [3.8, 4) is 5.75 Å². The summed E-state index contributed by atoms with van der Waals surface area (Å²) >= 11 is 0. The first-order chi connectivity index (χ1) is 14.8. The first kappa shape index (κ1) is 22.0. The maximum Gasteiger partial charge on any atom is 0.338 e. The zero-order valence-electron chi connectivity index (χ0n) is 17.5. The number of hydrogen-bond acceptors (Lipinski definition) is 7. The molecule has 8 heteroatoms. The summed E-state index contributed by atoms with van der Waals surface area (Å²) < 4.78 is 15.4. The number of methoxy groups -OCH3 is 1. The quantitative estimate of drug-likeness (QED) is 0.394. The molecule has 0 atom stereocenters. The molecule has 2 aromatic carbocycles. The molecular weight excluding hydrogens is 402 g/mol. The molecule has 3 rings (SSSR count). The largest absolute Gasteiger partial charge is 0.502 e. The SMILES string of the molecule is COCCOC(=O)c1ccc(N2C(=O)C(O)=C(c3ccc(OC(C)C)cc3)C2=O)cc1. The smallest absolute Gasteiger partial charge is 0.338 e. The van der Waals surface area contributed by atoms with E-state index in [1.54, 1.807) is 24.3 Å². The van der Waals surface area contributed by atoms with Gasteiger partial charge in [-0.1, -0.05) is 12.1 Å². The van der Waals surface area contributed by atoms with E-state index >= 15 is 0 Å². The van der Waals surface area contributed by atoms with Crippen LogP contribution in [0.5, 0.6) is 5.75 Å². The topological polar surface area (TPSA) is 102 Å². The third kappa shape index (κ3) is 4.75. The van der Waals surface area contributed by atoms with Crippen molar-refractivity contribution in [2.75, 3.05) is 25.2 Å². The van der Waals surface area contributed by atoms with Gasteiger partial charge in [-0.15, -0.1) is 0 Å². The van der Waals surface area contributed by atoms with Gasteiger partial charge >= 0.3 is 11.9 Å². The standard InChI is InChI=1S/C23H23NO7/c1-14(2)31-18-10-6-15(7-11-18)19-20(25)22(27)24(21(19)26)17-8-4-16(5-9-17)23(28)30-13-12-29-3/h4-11,14,25H,12-13H2,1-3H3. The summed E-state index contributed by atoms with van der Waals surface area (Å²) in [5.41, 5.74) is 0.791. The van der Waals surface area contributed by atoms with Gasteiger partial charge in [0.05, 0.1) is 29.5 Å². The Kier molecular flexibility index (Phi) is 6.71. The van der Waals surface area contributed by atoms with Crippen LogP contribution in [0.3, 0.4) is 0 Å². The van der Waals surface area contributed by atoms with E-state index in [-0.39, 0.29) is 36.1 Å². The van der Waals surface area contributed by atoms with E-state index in [1.807, 2.05) is 13.8 Å². The molecule has 0 radical (unpaired) electrons. The van der Waals surface area contributed by atoms with E-state index < -0.39 is 23.5 Å². The molecule has 0 aliphatic carbocycles. The minimum Gasteiger partial charge on any atom is -0.502 e. The van der Waals surface area contributed by atoms with Crippen LogP contribution in [0.1, 0.15) is 29.8 Å². The third-order valence-corrected chi connectivity index (χ3v) is 4.46. The van der Waals surface area contributed by atoms with E-state index in [4.69, 9.17) is 14.2 Å². The van der Waals surface area contributed by atoms with Crippen LogP contribution >= 0.6 is 0 Å². The molecule has 2 aromatic rings. The van der Waals surface area contributed by atoms with Gasteiger partial charge in [-0.05, 0) is 55.8 Å². The van der Waals surface area contributed by atoms with E-state index in [0.29, 0.717) is 11.3 Å². The van der Waals surface area contributed by atoms with Crippen molar-refractivity contribution < 1.29 is 33.7 Å². The van der Waals surface area contributed by atoms with Gasteiger partial charge in [0, 0.05) is 7.11 Å². The van der Waals surface area contributed by atoms with Crippen LogP contribution in [0.15, 0.2) is 54.3 Å². The van der Waals surface area contributed by atoms with E-state index in [0.717, 1.165) is 4.90 Å². The minimum atomic E-state index is -0.835. The van der Waals surface area contributed by atoms with Crippen molar-refractivity contribution in [1.29, 1.82) is 0 Å². The van der Waals surface area contributed by atoms with Crippen molar-refractivity contribution in [1.82, 2.24) is 0 Å². The molecule has 1 aliphatic rings. The van der Waals surface area contributed by atoms with E-state index in [9.17, 15) is 19.5 Å². The Morgan fingerprint density at radius 1 is 0.968 bits per heavy atom. The number of benzene rings is 2. The lowest BCUT2D eigenvalue weighted by atomic mass is 10.1. The fourth-order valence-electron chi connectivity index (χ4n) is 3.03. The van der Waals surface area contributed by atoms with Gasteiger partial charge in [-0.3, -0.25) is 9.59 Å². The van der Waals surface area contributed by atoms with Crippen molar-refractivity contribution in [3.05, 3.63) is 65.4 Å². The van der Waals surface area contributed by atoms with Crippen LogP contribution in [0.4, 0.5) is 5.69 Å². The molecule has 0 fully saturated rings. The molecule has 0 saturated heterocycles. The Morgan fingerprint density at radius 3 is 2.19 bits per heavy atom. The summed E-state index contributed by atoms with van der Waals surface area (Å²) in [7, 11) is 1.50. The number of ether oxygens (including phenoxy) is 3. The first-order valence-electron chi connectivity index (χ1n) is 9.68. The van der Waals surface area contributed by atoms with Gasteiger partial charge < -0.3 is 19.3 Å². The second kappa shape index (κ2) is 9.44. The normalized spacial score (nSPS) is 13.9. The van der Waals surface area contributed by atoms with E-state index in [2.05, 4.69) is 0 Å². The Labute approximate surface area is 179 Å². The molecule has 2 amide bonds. The number of rotatable bonds is 8. The molecule has 0 bridgehead atoms. The highest BCUT2D eigenvalue weighted by atomic mass is 16.6. The average Bonchev–Trinajstić information content (AvgIpc) is 2.97. The Morgan fingerprint density at radius 2 is 1.61 bits per heavy atom. The van der Waals surface area contributed by atoms with Crippen LogP contribution in [0.25, 0.3) is 5.57 Å². The van der Waals surface area contributed by atoms with Crippen molar-refractivity contribution in [2.45, 2.75) is 20.0 Å². The molecule has 31 heavy (non-hydrogen) atoms. The molecule has 1 aliphatic heterocycles. The maximum atomic E-state index is 12.9. The van der Waals surface area contributed by atoms with Crippen LogP contribution in [0, 0.1) is 0 Å². The number of nitrogens with zero attached hydrogens (tertiary/aromatic N) is 1. The second-order valence-electron chi connectivity index (χ2n) is 7.04. The van der Waals surface area contributed by atoms with Gasteiger partial charge in [-0.25, -0.2) is 9.69 Å². The number of carbonyl (C=O) groups is 3. The molecule has 0 aromatic heterocycles. The fraction of sp³-hybridized carbons (Fsp3) is 0.261. The lowest BCUT2D eigenvalue weighted by Crippen LogP contribution is -2.31. The van der Waals surface area contributed by atoms with Gasteiger partial charge in [-0.2, -0.15) is 0 Å². The van der Waals surface area contributed by atoms with Crippen LogP contribution in [0.2, 0.25) is 0 Å². The van der Waals surface area contributed by atoms with Gasteiger partial charge in [0.15, 0.2) is 5.76 Å². The zero-order valence-corrected chi connectivity index (χ0v) is 17.5. The number of anilines is 1. The number of amides is 2. The lowest BCUT2D eigenvalue weighted by Gasteiger charge is -2.15. The maximum absolute atomic E-state index is 12.9. The fourth-order valence-corrected chi connectivity index (χ4v) is 3.03. The molecule has 8 nitrogen and oxygen atoms in total. The summed E-state index contributed by atoms with van der Waals surface area (Å²) in [6.45, 7) is 4.18. The Hall–Kier alpha value is -3.65.